The van der Waals surface area contributed by atoms with Gasteiger partial charge in [0.25, 0.3) is 5.91 Å². The van der Waals surface area contributed by atoms with Crippen LogP contribution in [-0.4, -0.2) is 32.1 Å². The van der Waals surface area contributed by atoms with Crippen molar-refractivity contribution in [3.8, 4) is 5.75 Å². The number of sulfonamides is 1. The van der Waals surface area contributed by atoms with Crippen molar-refractivity contribution >= 4 is 44.8 Å². The standard InChI is InChI=1S/C21H23ClN2O5S/c1-13(2)29-18-8-6-5-7-17(18)23-19(25)15-11-14(9-10-16(15)22)24-20(26)21(3,4)12-30(24,27)28/h5-11,13H,12H2,1-4H3,(H,23,25). The van der Waals surface area contributed by atoms with E-state index in [9.17, 15) is 18.0 Å². The zero-order valence-electron chi connectivity index (χ0n) is 17.1. The third-order valence-electron chi connectivity index (χ3n) is 4.51. The molecule has 0 bridgehead atoms. The van der Waals surface area contributed by atoms with Crippen LogP contribution in [0.5, 0.6) is 5.75 Å². The molecule has 0 spiro atoms. The first-order valence-electron chi connectivity index (χ1n) is 9.36. The molecule has 0 aliphatic carbocycles. The first-order chi connectivity index (χ1) is 13.9. The summed E-state index contributed by atoms with van der Waals surface area (Å²) < 4.78 is 31.5. The Morgan fingerprint density at radius 2 is 1.87 bits per heavy atom. The highest BCUT2D eigenvalue weighted by atomic mass is 35.5. The van der Waals surface area contributed by atoms with Crippen LogP contribution < -0.4 is 14.4 Å². The van der Waals surface area contributed by atoms with Crippen LogP contribution in [0.2, 0.25) is 5.02 Å². The minimum atomic E-state index is -3.84. The average molecular weight is 451 g/mol. The predicted molar refractivity (Wildman–Crippen MR) is 117 cm³/mol. The number of amides is 2. The van der Waals surface area contributed by atoms with Crippen molar-refractivity contribution in [3.63, 3.8) is 0 Å². The van der Waals surface area contributed by atoms with Crippen LogP contribution in [-0.2, 0) is 14.8 Å². The second kappa shape index (κ2) is 7.92. The molecule has 1 aliphatic heterocycles. The number of carbonyl (C=O) groups excluding carboxylic acids is 2. The van der Waals surface area contributed by atoms with Gasteiger partial charge in [-0.2, -0.15) is 0 Å². The van der Waals surface area contributed by atoms with Crippen molar-refractivity contribution in [3.05, 3.63) is 53.1 Å². The maximum absolute atomic E-state index is 12.9. The van der Waals surface area contributed by atoms with Crippen LogP contribution in [0.15, 0.2) is 42.5 Å². The number of hydrogen-bond acceptors (Lipinski definition) is 5. The van der Waals surface area contributed by atoms with Crippen molar-refractivity contribution in [2.24, 2.45) is 5.41 Å². The number of benzene rings is 2. The SMILES string of the molecule is CC(C)Oc1ccccc1NC(=O)c1cc(N2C(=O)C(C)(C)CS2(=O)=O)ccc1Cl. The summed E-state index contributed by atoms with van der Waals surface area (Å²) in [5, 5.41) is 2.86. The van der Waals surface area contributed by atoms with Crippen molar-refractivity contribution in [1.29, 1.82) is 0 Å². The molecule has 3 rings (SSSR count). The molecule has 2 amide bonds. The van der Waals surface area contributed by atoms with E-state index in [4.69, 9.17) is 16.3 Å². The van der Waals surface area contributed by atoms with Crippen molar-refractivity contribution in [2.75, 3.05) is 15.4 Å². The lowest BCUT2D eigenvalue weighted by molar-refractivity contribution is -0.123. The summed E-state index contributed by atoms with van der Waals surface area (Å²) in [6.07, 6.45) is -0.0929. The zero-order valence-corrected chi connectivity index (χ0v) is 18.7. The molecular weight excluding hydrogens is 428 g/mol. The largest absolute Gasteiger partial charge is 0.489 e. The van der Waals surface area contributed by atoms with E-state index in [1.54, 1.807) is 38.1 Å². The lowest BCUT2D eigenvalue weighted by atomic mass is 9.95. The third kappa shape index (κ3) is 4.29. The molecule has 0 aromatic heterocycles. The molecule has 0 unspecified atom stereocenters. The fourth-order valence-electron chi connectivity index (χ4n) is 3.19. The fraction of sp³-hybridized carbons (Fsp3) is 0.333. The summed E-state index contributed by atoms with van der Waals surface area (Å²) in [5.41, 5.74) is -0.481. The Balaban J connectivity index is 1.95. The molecule has 2 aromatic carbocycles. The summed E-state index contributed by atoms with van der Waals surface area (Å²) in [6.45, 7) is 6.88. The highest BCUT2D eigenvalue weighted by Crippen LogP contribution is 2.37. The number of hydrogen-bond donors (Lipinski definition) is 1. The van der Waals surface area contributed by atoms with Gasteiger partial charge in [0.05, 0.1) is 39.2 Å². The Labute approximate surface area is 181 Å². The number of nitrogens with one attached hydrogen (secondary N) is 1. The van der Waals surface area contributed by atoms with E-state index in [1.807, 2.05) is 13.8 Å². The third-order valence-corrected chi connectivity index (χ3v) is 6.86. The fourth-order valence-corrected chi connectivity index (χ4v) is 5.49. The summed E-state index contributed by atoms with van der Waals surface area (Å²) in [4.78, 5) is 25.6. The Morgan fingerprint density at radius 3 is 2.47 bits per heavy atom. The van der Waals surface area contributed by atoms with E-state index in [1.165, 1.54) is 18.2 Å². The molecule has 9 heteroatoms. The molecule has 7 nitrogen and oxygen atoms in total. The summed E-state index contributed by atoms with van der Waals surface area (Å²) in [6, 6.07) is 11.1. The molecule has 160 valence electrons. The lowest BCUT2D eigenvalue weighted by Gasteiger charge is -2.19. The molecule has 0 saturated carbocycles. The van der Waals surface area contributed by atoms with E-state index in [2.05, 4.69) is 5.32 Å². The smallest absolute Gasteiger partial charge is 0.257 e. The van der Waals surface area contributed by atoms with Gasteiger partial charge in [0.1, 0.15) is 5.75 Å². The Morgan fingerprint density at radius 1 is 1.20 bits per heavy atom. The van der Waals surface area contributed by atoms with Gasteiger partial charge in [-0.15, -0.1) is 0 Å². The second-order valence-corrected chi connectivity index (χ2v) is 10.2. The number of rotatable bonds is 5. The lowest BCUT2D eigenvalue weighted by Crippen LogP contribution is -2.33. The van der Waals surface area contributed by atoms with Gasteiger partial charge in [0, 0.05) is 0 Å². The molecule has 1 N–H and O–H groups in total. The van der Waals surface area contributed by atoms with E-state index in [0.717, 1.165) is 4.31 Å². The maximum atomic E-state index is 12.9. The van der Waals surface area contributed by atoms with Gasteiger partial charge in [-0.25, -0.2) is 12.7 Å². The topological polar surface area (TPSA) is 92.8 Å². The van der Waals surface area contributed by atoms with E-state index < -0.39 is 27.3 Å². The quantitative estimate of drug-likeness (QED) is 0.740. The minimum Gasteiger partial charge on any atom is -0.489 e. The zero-order chi connectivity index (χ0) is 22.3. The Bertz CT molecular complexity index is 1110. The Kier molecular flexibility index (Phi) is 5.84. The normalized spacial score (nSPS) is 17.3. The van der Waals surface area contributed by atoms with Gasteiger partial charge in [0.2, 0.25) is 15.9 Å². The average Bonchev–Trinajstić information content (AvgIpc) is 2.79. The van der Waals surface area contributed by atoms with Crippen LogP contribution in [0.1, 0.15) is 38.1 Å². The first-order valence-corrected chi connectivity index (χ1v) is 11.3. The number of anilines is 2. The van der Waals surface area contributed by atoms with Gasteiger partial charge in [-0.05, 0) is 58.0 Å². The van der Waals surface area contributed by atoms with Crippen LogP contribution >= 0.6 is 11.6 Å². The molecule has 1 fully saturated rings. The molecule has 1 heterocycles. The number of nitrogens with zero attached hydrogens (tertiary/aromatic N) is 1. The van der Waals surface area contributed by atoms with E-state index >= 15 is 0 Å². The van der Waals surface area contributed by atoms with Crippen molar-refractivity contribution in [1.82, 2.24) is 0 Å². The van der Waals surface area contributed by atoms with E-state index in [0.29, 0.717) is 11.4 Å². The van der Waals surface area contributed by atoms with Crippen LogP contribution in [0.25, 0.3) is 0 Å². The first kappa shape index (κ1) is 22.1. The van der Waals surface area contributed by atoms with Crippen LogP contribution in [0.3, 0.4) is 0 Å². The molecule has 0 atom stereocenters. The molecule has 1 saturated heterocycles. The van der Waals surface area contributed by atoms with Gasteiger partial charge in [-0.3, -0.25) is 9.59 Å². The summed E-state index contributed by atoms with van der Waals surface area (Å²) in [5.74, 6) is -0.910. The number of para-hydroxylation sites is 2. The van der Waals surface area contributed by atoms with Crippen LogP contribution in [0, 0.1) is 5.41 Å². The highest BCUT2D eigenvalue weighted by Gasteiger charge is 2.50. The van der Waals surface area contributed by atoms with E-state index in [-0.39, 0.29) is 28.1 Å². The summed E-state index contributed by atoms with van der Waals surface area (Å²) in [7, 11) is -3.84. The molecule has 30 heavy (non-hydrogen) atoms. The molecular formula is C21H23ClN2O5S. The van der Waals surface area contributed by atoms with Gasteiger partial charge in [0.15, 0.2) is 0 Å². The molecule has 1 aliphatic rings. The van der Waals surface area contributed by atoms with Gasteiger partial charge >= 0.3 is 0 Å². The number of ether oxygens (including phenoxy) is 1. The minimum absolute atomic E-state index is 0.0428. The van der Waals surface area contributed by atoms with Crippen molar-refractivity contribution < 1.29 is 22.7 Å². The predicted octanol–water partition coefficient (Wildman–Crippen LogP) is 4.08. The monoisotopic (exact) mass is 450 g/mol. The Hall–Kier alpha value is -2.58. The summed E-state index contributed by atoms with van der Waals surface area (Å²) >= 11 is 6.21. The van der Waals surface area contributed by atoms with Crippen LogP contribution in [0.4, 0.5) is 11.4 Å². The second-order valence-electron chi connectivity index (χ2n) is 7.99. The molecule has 0 radical (unpaired) electrons. The maximum Gasteiger partial charge on any atom is 0.257 e. The number of halogens is 1. The van der Waals surface area contributed by atoms with Gasteiger partial charge in [-0.1, -0.05) is 23.7 Å². The number of carbonyl (C=O) groups is 2. The molecule has 2 aromatic rings. The highest BCUT2D eigenvalue weighted by molar-refractivity contribution is 7.94. The van der Waals surface area contributed by atoms with Crippen molar-refractivity contribution in [2.45, 2.75) is 33.8 Å². The van der Waals surface area contributed by atoms with Gasteiger partial charge < -0.3 is 10.1 Å².